The van der Waals surface area contributed by atoms with E-state index in [-0.39, 0.29) is 23.6 Å². The summed E-state index contributed by atoms with van der Waals surface area (Å²) in [5, 5.41) is 11.2. The Morgan fingerprint density at radius 1 is 1.25 bits per heavy atom. The van der Waals surface area contributed by atoms with Crippen LogP contribution in [0, 0.1) is 10.1 Å². The van der Waals surface area contributed by atoms with Gasteiger partial charge in [0.15, 0.2) is 6.29 Å². The van der Waals surface area contributed by atoms with Gasteiger partial charge in [0.2, 0.25) is 0 Å². The average molecular weight is 292 g/mol. The van der Waals surface area contributed by atoms with Gasteiger partial charge in [0.1, 0.15) is 12.4 Å². The van der Waals surface area contributed by atoms with Gasteiger partial charge in [-0.05, 0) is 12.1 Å². The predicted octanol–water partition coefficient (Wildman–Crippen LogP) is 3.64. The van der Waals surface area contributed by atoms with E-state index < -0.39 is 4.92 Å². The SMILES string of the molecule is O=Cc1cc([N+](=O)[O-])ccc1OCc1ccccc1Cl. The van der Waals surface area contributed by atoms with Crippen LogP contribution in [0.4, 0.5) is 5.69 Å². The first-order valence-electron chi connectivity index (χ1n) is 5.71. The Hall–Kier alpha value is -2.40. The second-order valence-electron chi connectivity index (χ2n) is 3.98. The smallest absolute Gasteiger partial charge is 0.270 e. The van der Waals surface area contributed by atoms with Crippen LogP contribution in [0.15, 0.2) is 42.5 Å². The number of benzene rings is 2. The number of aldehydes is 1. The van der Waals surface area contributed by atoms with Gasteiger partial charge in [-0.1, -0.05) is 29.8 Å². The fraction of sp³-hybridized carbons (Fsp3) is 0.0714. The molecule has 20 heavy (non-hydrogen) atoms. The molecular weight excluding hydrogens is 282 g/mol. The van der Waals surface area contributed by atoms with Crippen molar-refractivity contribution in [3.63, 3.8) is 0 Å². The Balaban J connectivity index is 2.19. The molecule has 0 unspecified atom stereocenters. The number of nitro benzene ring substituents is 1. The summed E-state index contributed by atoms with van der Waals surface area (Å²) in [5.41, 5.74) is 0.743. The number of carbonyl (C=O) groups excluding carboxylic acids is 1. The van der Waals surface area contributed by atoms with Crippen LogP contribution in [0.1, 0.15) is 15.9 Å². The van der Waals surface area contributed by atoms with Gasteiger partial charge in [0.05, 0.1) is 10.5 Å². The summed E-state index contributed by atoms with van der Waals surface area (Å²) in [7, 11) is 0. The minimum absolute atomic E-state index is 0.131. The molecule has 0 radical (unpaired) electrons. The van der Waals surface area contributed by atoms with Crippen LogP contribution in [0.2, 0.25) is 5.02 Å². The number of hydrogen-bond donors (Lipinski definition) is 0. The van der Waals surface area contributed by atoms with E-state index in [2.05, 4.69) is 0 Å². The van der Waals surface area contributed by atoms with Gasteiger partial charge < -0.3 is 4.74 Å². The van der Waals surface area contributed by atoms with Gasteiger partial charge in [-0.15, -0.1) is 0 Å². The van der Waals surface area contributed by atoms with Crippen molar-refractivity contribution in [2.75, 3.05) is 0 Å². The molecule has 0 fully saturated rings. The monoisotopic (exact) mass is 291 g/mol. The third-order valence-electron chi connectivity index (χ3n) is 2.67. The number of ether oxygens (including phenoxy) is 1. The van der Waals surface area contributed by atoms with Crippen LogP contribution in [-0.2, 0) is 6.61 Å². The fourth-order valence-corrected chi connectivity index (χ4v) is 1.83. The molecule has 0 atom stereocenters. The van der Waals surface area contributed by atoms with Crippen molar-refractivity contribution in [1.29, 1.82) is 0 Å². The zero-order valence-electron chi connectivity index (χ0n) is 10.3. The Morgan fingerprint density at radius 3 is 2.65 bits per heavy atom. The summed E-state index contributed by atoms with van der Waals surface area (Å²) in [6.45, 7) is 0.179. The molecule has 6 heteroatoms. The lowest BCUT2D eigenvalue weighted by atomic mass is 10.2. The minimum Gasteiger partial charge on any atom is -0.488 e. The number of hydrogen-bond acceptors (Lipinski definition) is 4. The van der Waals surface area contributed by atoms with Gasteiger partial charge in [-0.25, -0.2) is 0 Å². The van der Waals surface area contributed by atoms with Crippen molar-refractivity contribution in [1.82, 2.24) is 0 Å². The summed E-state index contributed by atoms with van der Waals surface area (Å²) in [6, 6.07) is 11.0. The molecule has 2 aromatic carbocycles. The maximum absolute atomic E-state index is 11.0. The van der Waals surface area contributed by atoms with Crippen LogP contribution in [-0.4, -0.2) is 11.2 Å². The Labute approximate surface area is 119 Å². The van der Waals surface area contributed by atoms with Crippen LogP contribution >= 0.6 is 11.6 Å². The molecule has 0 amide bonds. The Morgan fingerprint density at radius 2 is 2.00 bits per heavy atom. The second kappa shape index (κ2) is 6.16. The van der Waals surface area contributed by atoms with Gasteiger partial charge in [0.25, 0.3) is 5.69 Å². The van der Waals surface area contributed by atoms with E-state index in [1.807, 2.05) is 6.07 Å². The summed E-state index contributed by atoms with van der Waals surface area (Å²) in [4.78, 5) is 21.0. The zero-order chi connectivity index (χ0) is 14.5. The van der Waals surface area contributed by atoms with E-state index in [1.54, 1.807) is 18.2 Å². The molecule has 102 valence electrons. The van der Waals surface area contributed by atoms with Gasteiger partial charge in [-0.2, -0.15) is 0 Å². The summed E-state index contributed by atoms with van der Waals surface area (Å²) in [6.07, 6.45) is 0.523. The van der Waals surface area contributed by atoms with E-state index >= 15 is 0 Å². The normalized spacial score (nSPS) is 10.1. The van der Waals surface area contributed by atoms with E-state index in [0.29, 0.717) is 11.3 Å². The lowest BCUT2D eigenvalue weighted by molar-refractivity contribution is -0.384. The third kappa shape index (κ3) is 3.13. The van der Waals surface area contributed by atoms with Crippen LogP contribution in [0.25, 0.3) is 0 Å². The highest BCUT2D eigenvalue weighted by atomic mass is 35.5. The molecule has 2 rings (SSSR count). The average Bonchev–Trinajstić information content (AvgIpc) is 2.46. The summed E-state index contributed by atoms with van der Waals surface area (Å²) < 4.78 is 5.49. The number of non-ortho nitro benzene ring substituents is 1. The predicted molar refractivity (Wildman–Crippen MR) is 74.3 cm³/mol. The van der Waals surface area contributed by atoms with Crippen LogP contribution in [0.5, 0.6) is 5.75 Å². The first kappa shape index (κ1) is 14.0. The van der Waals surface area contributed by atoms with E-state index in [9.17, 15) is 14.9 Å². The van der Waals surface area contributed by atoms with E-state index in [4.69, 9.17) is 16.3 Å². The van der Waals surface area contributed by atoms with Crippen molar-refractivity contribution in [2.24, 2.45) is 0 Å². The second-order valence-corrected chi connectivity index (χ2v) is 4.38. The van der Waals surface area contributed by atoms with Crippen molar-refractivity contribution >= 4 is 23.6 Å². The highest BCUT2D eigenvalue weighted by Gasteiger charge is 2.11. The molecule has 2 aromatic rings. The molecule has 0 aliphatic carbocycles. The van der Waals surface area contributed by atoms with Crippen molar-refractivity contribution in [2.45, 2.75) is 6.61 Å². The van der Waals surface area contributed by atoms with Crippen molar-refractivity contribution < 1.29 is 14.5 Å². The maximum Gasteiger partial charge on any atom is 0.270 e. The molecule has 0 bridgehead atoms. The molecule has 5 nitrogen and oxygen atoms in total. The van der Waals surface area contributed by atoms with Gasteiger partial charge >= 0.3 is 0 Å². The Bertz CT molecular complexity index is 657. The van der Waals surface area contributed by atoms with Crippen LogP contribution in [0.3, 0.4) is 0 Å². The molecule has 0 spiro atoms. The molecule has 0 aliphatic rings. The first-order valence-corrected chi connectivity index (χ1v) is 6.09. The molecule has 0 aromatic heterocycles. The number of carbonyl (C=O) groups is 1. The van der Waals surface area contributed by atoms with Crippen molar-refractivity contribution in [3.8, 4) is 5.75 Å². The van der Waals surface area contributed by atoms with Crippen molar-refractivity contribution in [3.05, 3.63) is 68.7 Å². The number of nitro groups is 1. The maximum atomic E-state index is 11.0. The third-order valence-corrected chi connectivity index (χ3v) is 3.04. The van der Waals surface area contributed by atoms with Gasteiger partial charge in [-0.3, -0.25) is 14.9 Å². The molecule has 0 N–H and O–H groups in total. The molecule has 0 saturated heterocycles. The lowest BCUT2D eigenvalue weighted by Gasteiger charge is -2.09. The lowest BCUT2D eigenvalue weighted by Crippen LogP contribution is -2.00. The fourth-order valence-electron chi connectivity index (χ4n) is 1.64. The quantitative estimate of drug-likeness (QED) is 0.479. The zero-order valence-corrected chi connectivity index (χ0v) is 11.0. The molecule has 0 aliphatic heterocycles. The summed E-state index contributed by atoms with van der Waals surface area (Å²) >= 11 is 5.99. The molecule has 0 saturated carbocycles. The highest BCUT2D eigenvalue weighted by Crippen LogP contribution is 2.24. The number of nitrogens with zero attached hydrogens (tertiary/aromatic N) is 1. The topological polar surface area (TPSA) is 69.4 Å². The Kier molecular flexibility index (Phi) is 4.32. The standard InChI is InChI=1S/C14H10ClNO4/c15-13-4-2-1-3-10(13)9-20-14-6-5-12(16(18)19)7-11(14)8-17/h1-8H,9H2. The highest BCUT2D eigenvalue weighted by molar-refractivity contribution is 6.31. The minimum atomic E-state index is -0.565. The van der Waals surface area contributed by atoms with E-state index in [0.717, 1.165) is 5.56 Å². The first-order chi connectivity index (χ1) is 9.61. The summed E-state index contributed by atoms with van der Waals surface area (Å²) in [5.74, 6) is 0.283. The van der Waals surface area contributed by atoms with E-state index in [1.165, 1.54) is 18.2 Å². The largest absolute Gasteiger partial charge is 0.488 e. The van der Waals surface area contributed by atoms with Crippen LogP contribution < -0.4 is 4.74 Å². The number of halogens is 1. The van der Waals surface area contributed by atoms with Gasteiger partial charge in [0, 0.05) is 22.7 Å². The molecular formula is C14H10ClNO4. The molecule has 0 heterocycles. The number of rotatable bonds is 5.